The summed E-state index contributed by atoms with van der Waals surface area (Å²) in [6, 6.07) is 8.13. The van der Waals surface area contributed by atoms with Gasteiger partial charge in [-0.05, 0) is 19.8 Å². The van der Waals surface area contributed by atoms with Gasteiger partial charge in [-0.15, -0.1) is 0 Å². The van der Waals surface area contributed by atoms with Gasteiger partial charge in [0, 0.05) is 12.0 Å². The molecule has 0 aliphatic carbocycles. The van der Waals surface area contributed by atoms with Gasteiger partial charge in [0.05, 0.1) is 6.54 Å². The molecule has 88 valence electrons. The van der Waals surface area contributed by atoms with Gasteiger partial charge < -0.3 is 5.21 Å². The molecule has 1 aromatic carbocycles. The summed E-state index contributed by atoms with van der Waals surface area (Å²) >= 11 is 0. The van der Waals surface area contributed by atoms with Crippen LogP contribution in [0.3, 0.4) is 0 Å². The minimum Gasteiger partial charge on any atom is -0.710 e. The highest BCUT2D eigenvalue weighted by molar-refractivity contribution is 5.56. The topological polar surface area (TPSA) is 31.9 Å². The minimum absolute atomic E-state index is 0.780. The zero-order chi connectivity index (χ0) is 11.8. The van der Waals surface area contributed by atoms with Crippen molar-refractivity contribution in [2.45, 2.75) is 32.7 Å². The van der Waals surface area contributed by atoms with Crippen molar-refractivity contribution < 1.29 is 4.73 Å². The molecule has 0 spiro atoms. The molecular weight excluding hydrogens is 212 g/mol. The van der Waals surface area contributed by atoms with Crippen molar-refractivity contribution in [1.29, 1.82) is 0 Å². The number of benzene rings is 1. The highest BCUT2D eigenvalue weighted by Gasteiger charge is 2.22. The lowest BCUT2D eigenvalue weighted by Gasteiger charge is -2.11. The molecule has 0 saturated heterocycles. The van der Waals surface area contributed by atoms with Crippen LogP contribution in [-0.2, 0) is 13.0 Å². The third kappa shape index (κ3) is 1.71. The van der Waals surface area contributed by atoms with Crippen LogP contribution in [0.2, 0.25) is 0 Å². The summed E-state index contributed by atoms with van der Waals surface area (Å²) in [5.41, 5.74) is 3.00. The van der Waals surface area contributed by atoms with Gasteiger partial charge in [0.15, 0.2) is 5.69 Å². The number of imidazole rings is 1. The molecule has 2 aromatic rings. The molecule has 0 fully saturated rings. The molecule has 1 aliphatic rings. The minimum atomic E-state index is 0.780. The Balaban J connectivity index is 2.09. The van der Waals surface area contributed by atoms with Gasteiger partial charge in [-0.3, -0.25) is 0 Å². The fourth-order valence-corrected chi connectivity index (χ4v) is 2.45. The number of fused-ring (bicyclic) bond motifs is 1. The third-order valence-electron chi connectivity index (χ3n) is 3.46. The SMILES string of the molecule is Cc1ccc(-c2cn3c([n+]2[O-])CCCC3)cc1. The van der Waals surface area contributed by atoms with Gasteiger partial charge in [0.1, 0.15) is 6.20 Å². The number of hydrogen-bond acceptors (Lipinski definition) is 1. The summed E-state index contributed by atoms with van der Waals surface area (Å²) in [5, 5.41) is 12.2. The molecular formula is C14H16N2O. The molecule has 17 heavy (non-hydrogen) atoms. The molecule has 3 heteroatoms. The van der Waals surface area contributed by atoms with E-state index in [0.29, 0.717) is 0 Å². The Bertz CT molecular complexity index is 540. The second-order valence-corrected chi connectivity index (χ2v) is 4.74. The fraction of sp³-hybridized carbons (Fsp3) is 0.357. The van der Waals surface area contributed by atoms with E-state index >= 15 is 0 Å². The van der Waals surface area contributed by atoms with Crippen molar-refractivity contribution in [2.24, 2.45) is 0 Å². The van der Waals surface area contributed by atoms with E-state index in [1.807, 2.05) is 30.5 Å². The number of aromatic nitrogens is 2. The summed E-state index contributed by atoms with van der Waals surface area (Å²) in [4.78, 5) is 0. The van der Waals surface area contributed by atoms with E-state index in [4.69, 9.17) is 0 Å². The first-order valence-corrected chi connectivity index (χ1v) is 6.14. The lowest BCUT2D eigenvalue weighted by molar-refractivity contribution is -0.603. The number of hydrogen-bond donors (Lipinski definition) is 0. The van der Waals surface area contributed by atoms with Gasteiger partial charge in [-0.1, -0.05) is 29.8 Å². The largest absolute Gasteiger partial charge is 0.710 e. The smallest absolute Gasteiger partial charge is 0.259 e. The second-order valence-electron chi connectivity index (χ2n) is 4.74. The number of aryl methyl sites for hydroxylation is 2. The van der Waals surface area contributed by atoms with Crippen molar-refractivity contribution in [3.05, 3.63) is 47.1 Å². The van der Waals surface area contributed by atoms with Crippen LogP contribution in [-0.4, -0.2) is 4.57 Å². The molecule has 0 atom stereocenters. The zero-order valence-electron chi connectivity index (χ0n) is 10.0. The molecule has 3 rings (SSSR count). The molecule has 0 saturated carbocycles. The van der Waals surface area contributed by atoms with Crippen LogP contribution in [0.1, 0.15) is 24.2 Å². The summed E-state index contributed by atoms with van der Waals surface area (Å²) in [5.74, 6) is 0.909. The van der Waals surface area contributed by atoms with Crippen LogP contribution in [0, 0.1) is 12.1 Å². The van der Waals surface area contributed by atoms with Gasteiger partial charge in [-0.2, -0.15) is 0 Å². The molecule has 0 N–H and O–H groups in total. The maximum absolute atomic E-state index is 12.2. The van der Waals surface area contributed by atoms with E-state index in [9.17, 15) is 5.21 Å². The first-order valence-electron chi connectivity index (χ1n) is 6.14. The van der Waals surface area contributed by atoms with E-state index < -0.39 is 0 Å². The Morgan fingerprint density at radius 3 is 2.65 bits per heavy atom. The lowest BCUT2D eigenvalue weighted by atomic mass is 10.1. The summed E-state index contributed by atoms with van der Waals surface area (Å²) in [6.45, 7) is 3.03. The van der Waals surface area contributed by atoms with E-state index in [1.54, 1.807) is 0 Å². The normalized spacial score (nSPS) is 14.6. The molecule has 0 bridgehead atoms. The molecule has 1 aliphatic heterocycles. The van der Waals surface area contributed by atoms with Gasteiger partial charge in [0.2, 0.25) is 0 Å². The van der Waals surface area contributed by atoms with E-state index in [-0.39, 0.29) is 0 Å². The maximum Gasteiger partial charge on any atom is 0.259 e. The Hall–Kier alpha value is -1.77. The van der Waals surface area contributed by atoms with Crippen LogP contribution in [0.15, 0.2) is 30.5 Å². The Labute approximate surface area is 101 Å². The summed E-state index contributed by atoms with van der Waals surface area (Å²) < 4.78 is 3.20. The van der Waals surface area contributed by atoms with Crippen molar-refractivity contribution in [3.63, 3.8) is 0 Å². The van der Waals surface area contributed by atoms with Crippen molar-refractivity contribution >= 4 is 0 Å². The Morgan fingerprint density at radius 2 is 1.94 bits per heavy atom. The van der Waals surface area contributed by atoms with Crippen LogP contribution >= 0.6 is 0 Å². The summed E-state index contributed by atoms with van der Waals surface area (Å²) in [7, 11) is 0. The molecule has 3 nitrogen and oxygen atoms in total. The predicted octanol–water partition coefficient (Wildman–Crippen LogP) is 2.43. The van der Waals surface area contributed by atoms with Crippen LogP contribution < -0.4 is 4.73 Å². The Kier molecular flexibility index (Phi) is 2.39. The molecule has 1 aromatic heterocycles. The van der Waals surface area contributed by atoms with E-state index in [2.05, 4.69) is 11.5 Å². The van der Waals surface area contributed by atoms with Crippen molar-refractivity contribution in [1.82, 2.24) is 4.57 Å². The van der Waals surface area contributed by atoms with Crippen molar-refractivity contribution in [2.75, 3.05) is 0 Å². The first-order chi connectivity index (χ1) is 8.25. The van der Waals surface area contributed by atoms with Crippen LogP contribution in [0.25, 0.3) is 11.3 Å². The highest BCUT2D eigenvalue weighted by atomic mass is 16.5. The second kappa shape index (κ2) is 3.91. The molecule has 0 unspecified atom stereocenters. The average Bonchev–Trinajstić information content (AvgIpc) is 2.69. The van der Waals surface area contributed by atoms with Crippen LogP contribution in [0.5, 0.6) is 0 Å². The van der Waals surface area contributed by atoms with Gasteiger partial charge >= 0.3 is 0 Å². The van der Waals surface area contributed by atoms with Gasteiger partial charge in [0.25, 0.3) is 5.82 Å². The van der Waals surface area contributed by atoms with Crippen molar-refractivity contribution in [3.8, 4) is 11.3 Å². The highest BCUT2D eigenvalue weighted by Crippen LogP contribution is 2.21. The van der Waals surface area contributed by atoms with E-state index in [0.717, 1.165) is 41.2 Å². The van der Waals surface area contributed by atoms with Gasteiger partial charge in [-0.25, -0.2) is 9.30 Å². The van der Waals surface area contributed by atoms with Crippen LogP contribution in [0.4, 0.5) is 0 Å². The Morgan fingerprint density at radius 1 is 1.18 bits per heavy atom. The lowest BCUT2D eigenvalue weighted by Crippen LogP contribution is -2.34. The zero-order valence-corrected chi connectivity index (χ0v) is 10.0. The monoisotopic (exact) mass is 228 g/mol. The number of nitrogens with zero attached hydrogens (tertiary/aromatic N) is 2. The number of rotatable bonds is 1. The standard InChI is InChI=1S/C14H16N2O/c1-11-5-7-12(8-6-11)13-10-15-9-3-2-4-14(15)16(13)17/h5-8,10H,2-4,9H2,1H3. The average molecular weight is 228 g/mol. The molecule has 2 heterocycles. The predicted molar refractivity (Wildman–Crippen MR) is 66.5 cm³/mol. The van der Waals surface area contributed by atoms with E-state index in [1.165, 1.54) is 12.0 Å². The fourth-order valence-electron chi connectivity index (χ4n) is 2.45. The quantitative estimate of drug-likeness (QED) is 0.545. The first kappa shape index (κ1) is 10.4. The molecule has 0 radical (unpaired) electrons. The molecule has 0 amide bonds. The summed E-state index contributed by atoms with van der Waals surface area (Å²) in [6.07, 6.45) is 5.19. The third-order valence-corrected chi connectivity index (χ3v) is 3.46. The maximum atomic E-state index is 12.2.